The van der Waals surface area contributed by atoms with Crippen LogP contribution in [0.25, 0.3) is 11.3 Å². The highest BCUT2D eigenvalue weighted by Crippen LogP contribution is 2.39. The molecule has 5 rings (SSSR count). The van der Waals surface area contributed by atoms with E-state index >= 15 is 0 Å². The fourth-order valence-electron chi connectivity index (χ4n) is 4.22. The lowest BCUT2D eigenvalue weighted by Gasteiger charge is -2.36. The molecule has 0 spiro atoms. The Balaban J connectivity index is 1.42. The number of hydrogen-bond acceptors (Lipinski definition) is 5. The van der Waals surface area contributed by atoms with Gasteiger partial charge in [-0.05, 0) is 56.7 Å². The molecule has 3 aromatic carbocycles. The van der Waals surface area contributed by atoms with Gasteiger partial charge >= 0.3 is 0 Å². The molecule has 2 unspecified atom stereocenters. The van der Waals surface area contributed by atoms with Crippen LogP contribution < -0.4 is 15.0 Å². The Labute approximate surface area is 214 Å². The lowest BCUT2D eigenvalue weighted by molar-refractivity contribution is -0.128. The highest BCUT2D eigenvalue weighted by molar-refractivity contribution is 7.10. The summed E-state index contributed by atoms with van der Waals surface area (Å²) in [5, 5.41) is 5.95. The number of thiazole rings is 1. The Bertz CT molecular complexity index is 1400. The summed E-state index contributed by atoms with van der Waals surface area (Å²) in [4.78, 5) is 32.7. The summed E-state index contributed by atoms with van der Waals surface area (Å²) in [5.41, 5.74) is 5.27. The summed E-state index contributed by atoms with van der Waals surface area (Å²) in [6.45, 7) is 5.42. The number of nitrogens with zero attached hydrogens (tertiary/aromatic N) is 2. The number of carbonyl (C=O) groups excluding carboxylic acids is 2. The van der Waals surface area contributed by atoms with Gasteiger partial charge in [0, 0.05) is 23.1 Å². The van der Waals surface area contributed by atoms with Crippen LogP contribution in [0.5, 0.6) is 5.75 Å². The van der Waals surface area contributed by atoms with Crippen molar-refractivity contribution in [2.75, 3.05) is 10.2 Å². The van der Waals surface area contributed by atoms with Crippen LogP contribution in [0.15, 0.2) is 78.2 Å². The fraction of sp³-hybridized carbons (Fsp3) is 0.207. The van der Waals surface area contributed by atoms with Crippen molar-refractivity contribution in [3.63, 3.8) is 0 Å². The number of aromatic nitrogens is 1. The molecule has 1 aliphatic rings. The number of aryl methyl sites for hydroxylation is 1. The van der Waals surface area contributed by atoms with Crippen LogP contribution in [0, 0.1) is 6.92 Å². The molecule has 6 nitrogen and oxygen atoms in total. The van der Waals surface area contributed by atoms with Crippen LogP contribution >= 0.6 is 11.3 Å². The molecule has 1 aliphatic heterocycles. The van der Waals surface area contributed by atoms with Crippen LogP contribution in [-0.2, 0) is 16.0 Å². The van der Waals surface area contributed by atoms with Gasteiger partial charge in [-0.2, -0.15) is 0 Å². The van der Waals surface area contributed by atoms with Gasteiger partial charge in [-0.15, -0.1) is 11.3 Å². The van der Waals surface area contributed by atoms with Crippen molar-refractivity contribution in [3.8, 4) is 17.0 Å². The van der Waals surface area contributed by atoms with E-state index in [9.17, 15) is 9.59 Å². The number of amides is 2. The van der Waals surface area contributed by atoms with Gasteiger partial charge in [-0.25, -0.2) is 4.98 Å². The average Bonchev–Trinajstić information content (AvgIpc) is 3.34. The quantitative estimate of drug-likeness (QED) is 0.363. The second-order valence-corrected chi connectivity index (χ2v) is 9.91. The molecule has 36 heavy (non-hydrogen) atoms. The van der Waals surface area contributed by atoms with Crippen molar-refractivity contribution in [2.24, 2.45) is 0 Å². The van der Waals surface area contributed by atoms with Gasteiger partial charge in [0.1, 0.15) is 11.8 Å². The van der Waals surface area contributed by atoms with E-state index in [1.54, 1.807) is 25.2 Å². The molecule has 2 heterocycles. The smallest absolute Gasteiger partial charge is 0.268 e. The molecular weight excluding hydrogens is 470 g/mol. The molecule has 1 N–H and O–H groups in total. The van der Waals surface area contributed by atoms with Crippen LogP contribution in [-0.4, -0.2) is 28.9 Å². The van der Waals surface area contributed by atoms with Gasteiger partial charge in [0.25, 0.3) is 5.91 Å². The SMILES string of the molecule is Cc1ccc(NC(=O)C(C)N2C(=O)C(C)Oc3ccc(-c4csc(Cc5ccccc5)n4)cc32)cc1. The predicted octanol–water partition coefficient (Wildman–Crippen LogP) is 5.85. The van der Waals surface area contributed by atoms with Crippen LogP contribution in [0.4, 0.5) is 11.4 Å². The van der Waals surface area contributed by atoms with E-state index in [4.69, 9.17) is 9.72 Å². The maximum Gasteiger partial charge on any atom is 0.268 e. The van der Waals surface area contributed by atoms with E-state index in [0.29, 0.717) is 17.1 Å². The highest BCUT2D eigenvalue weighted by Gasteiger charge is 2.37. The lowest BCUT2D eigenvalue weighted by Crippen LogP contribution is -2.52. The molecule has 2 atom stereocenters. The molecule has 1 aromatic heterocycles. The third-order valence-electron chi connectivity index (χ3n) is 6.24. The van der Waals surface area contributed by atoms with Crippen molar-refractivity contribution in [1.82, 2.24) is 4.98 Å². The van der Waals surface area contributed by atoms with Crippen molar-refractivity contribution < 1.29 is 14.3 Å². The zero-order chi connectivity index (χ0) is 25.2. The Morgan fingerprint density at radius 1 is 1.11 bits per heavy atom. The Kier molecular flexibility index (Phi) is 6.57. The number of carbonyl (C=O) groups is 2. The Morgan fingerprint density at radius 3 is 2.61 bits per heavy atom. The number of hydrogen-bond donors (Lipinski definition) is 1. The fourth-order valence-corrected chi connectivity index (χ4v) is 5.05. The number of rotatable bonds is 6. The van der Waals surface area contributed by atoms with Gasteiger partial charge in [0.15, 0.2) is 6.10 Å². The minimum atomic E-state index is -0.733. The first kappa shape index (κ1) is 23.8. The lowest BCUT2D eigenvalue weighted by atomic mass is 10.1. The Morgan fingerprint density at radius 2 is 1.86 bits per heavy atom. The van der Waals surface area contributed by atoms with Crippen LogP contribution in [0.3, 0.4) is 0 Å². The summed E-state index contributed by atoms with van der Waals surface area (Å²) < 4.78 is 5.87. The molecule has 0 bridgehead atoms. The average molecular weight is 498 g/mol. The van der Waals surface area contributed by atoms with Gasteiger partial charge in [-0.3, -0.25) is 14.5 Å². The summed E-state index contributed by atoms with van der Waals surface area (Å²) >= 11 is 1.60. The summed E-state index contributed by atoms with van der Waals surface area (Å²) in [7, 11) is 0. The third kappa shape index (κ3) is 4.88. The molecule has 0 saturated carbocycles. The molecule has 0 radical (unpaired) electrons. The zero-order valence-electron chi connectivity index (χ0n) is 20.4. The third-order valence-corrected chi connectivity index (χ3v) is 7.09. The van der Waals surface area contributed by atoms with E-state index in [1.165, 1.54) is 10.5 Å². The molecule has 0 aliphatic carbocycles. The largest absolute Gasteiger partial charge is 0.479 e. The van der Waals surface area contributed by atoms with Gasteiger partial charge in [0.2, 0.25) is 5.91 Å². The minimum Gasteiger partial charge on any atom is -0.479 e. The van der Waals surface area contributed by atoms with E-state index in [-0.39, 0.29) is 11.8 Å². The maximum atomic E-state index is 13.2. The second-order valence-electron chi connectivity index (χ2n) is 8.97. The number of fused-ring (bicyclic) bond motifs is 1. The van der Waals surface area contributed by atoms with E-state index in [1.807, 2.05) is 73.0 Å². The standard InChI is InChI=1S/C29H27N3O3S/c1-18-9-12-23(13-10-18)30-28(33)19(2)32-25-16-22(11-14-26(25)35-20(3)29(32)34)24-17-36-27(31-24)15-21-7-5-4-6-8-21/h4-14,16-17,19-20H,15H2,1-3H3,(H,30,33). The summed E-state index contributed by atoms with van der Waals surface area (Å²) in [6, 6.07) is 22.7. The van der Waals surface area contributed by atoms with Gasteiger partial charge in [-0.1, -0.05) is 48.0 Å². The topological polar surface area (TPSA) is 71.5 Å². The van der Waals surface area contributed by atoms with Crippen molar-refractivity contribution in [2.45, 2.75) is 39.3 Å². The number of nitrogens with one attached hydrogen (secondary N) is 1. The van der Waals surface area contributed by atoms with E-state index in [2.05, 4.69) is 17.4 Å². The van der Waals surface area contributed by atoms with E-state index < -0.39 is 12.1 Å². The monoisotopic (exact) mass is 497 g/mol. The number of benzene rings is 3. The number of ether oxygens (including phenoxy) is 1. The highest BCUT2D eigenvalue weighted by atomic mass is 32.1. The predicted molar refractivity (Wildman–Crippen MR) is 144 cm³/mol. The van der Waals surface area contributed by atoms with Gasteiger partial charge < -0.3 is 10.1 Å². The first-order chi connectivity index (χ1) is 17.4. The van der Waals surface area contributed by atoms with Crippen molar-refractivity contribution >= 4 is 34.5 Å². The minimum absolute atomic E-state index is 0.255. The zero-order valence-corrected chi connectivity index (χ0v) is 21.2. The number of anilines is 2. The maximum absolute atomic E-state index is 13.2. The summed E-state index contributed by atoms with van der Waals surface area (Å²) in [5.74, 6) is 0.0475. The summed E-state index contributed by atoms with van der Waals surface area (Å²) in [6.07, 6.45) is 0.0764. The van der Waals surface area contributed by atoms with Crippen molar-refractivity contribution in [1.29, 1.82) is 0 Å². The van der Waals surface area contributed by atoms with E-state index in [0.717, 1.165) is 28.2 Å². The molecule has 0 saturated heterocycles. The van der Waals surface area contributed by atoms with Crippen LogP contribution in [0.2, 0.25) is 0 Å². The molecule has 2 amide bonds. The molecule has 0 fully saturated rings. The first-order valence-corrected chi connectivity index (χ1v) is 12.8. The molecule has 7 heteroatoms. The van der Waals surface area contributed by atoms with Gasteiger partial charge in [0.05, 0.1) is 16.4 Å². The molecular formula is C29H27N3O3S. The van der Waals surface area contributed by atoms with Crippen molar-refractivity contribution in [3.05, 3.63) is 94.3 Å². The molecule has 4 aromatic rings. The normalized spacial score (nSPS) is 15.7. The second kappa shape index (κ2) is 9.95. The Hall–Kier alpha value is -3.97. The first-order valence-electron chi connectivity index (χ1n) is 11.9. The van der Waals surface area contributed by atoms with Crippen LogP contribution in [0.1, 0.15) is 30.0 Å². The molecule has 182 valence electrons.